The van der Waals surface area contributed by atoms with Gasteiger partial charge in [-0.1, -0.05) is 42.5 Å². The Kier molecular flexibility index (Phi) is 6.50. The number of fused-ring (bicyclic) bond motifs is 2. The van der Waals surface area contributed by atoms with Crippen LogP contribution in [0.5, 0.6) is 5.75 Å². The Bertz CT molecular complexity index is 1160. The molecular weight excluding hydrogens is 446 g/mol. The number of nitrogens with zero attached hydrogens (tertiary/aromatic N) is 4. The molecule has 1 N–H and O–H groups in total. The minimum absolute atomic E-state index is 0.0218. The third-order valence-corrected chi connectivity index (χ3v) is 7.14. The molecule has 1 fully saturated rings. The van der Waals surface area contributed by atoms with Crippen LogP contribution in [0, 0.1) is 0 Å². The zero-order valence-corrected chi connectivity index (χ0v) is 19.7. The van der Waals surface area contributed by atoms with Crippen LogP contribution in [0.3, 0.4) is 0 Å². The first-order valence-electron chi connectivity index (χ1n) is 11.8. The summed E-state index contributed by atoms with van der Waals surface area (Å²) in [5.74, 6) is 0.471. The number of para-hydroxylation sites is 1. The predicted octanol–water partition coefficient (Wildman–Crippen LogP) is 2.10. The van der Waals surface area contributed by atoms with E-state index in [2.05, 4.69) is 27.5 Å². The molecule has 2 aromatic carbocycles. The van der Waals surface area contributed by atoms with Crippen molar-refractivity contribution >= 4 is 11.8 Å². The van der Waals surface area contributed by atoms with Crippen molar-refractivity contribution < 1.29 is 19.1 Å². The molecule has 3 aromatic rings. The Morgan fingerprint density at radius 1 is 1.09 bits per heavy atom. The lowest BCUT2D eigenvalue weighted by Gasteiger charge is -2.44. The molecule has 9 heteroatoms. The Labute approximate surface area is 204 Å². The molecule has 1 spiro atoms. The summed E-state index contributed by atoms with van der Waals surface area (Å²) in [7, 11) is 1.69. The molecule has 182 valence electrons. The number of carbonyl (C=O) groups excluding carboxylic acids is 2. The highest BCUT2D eigenvalue weighted by Crippen LogP contribution is 2.52. The van der Waals surface area contributed by atoms with Crippen molar-refractivity contribution in [2.24, 2.45) is 0 Å². The summed E-state index contributed by atoms with van der Waals surface area (Å²) in [5, 5.41) is 7.19. The van der Waals surface area contributed by atoms with Gasteiger partial charge in [0.2, 0.25) is 5.91 Å². The van der Waals surface area contributed by atoms with Crippen molar-refractivity contribution in [3.05, 3.63) is 78.4 Å². The minimum Gasteiger partial charge on any atom is -0.484 e. The number of rotatable bonds is 7. The first-order valence-corrected chi connectivity index (χ1v) is 11.8. The van der Waals surface area contributed by atoms with Crippen LogP contribution >= 0.6 is 0 Å². The highest BCUT2D eigenvalue weighted by molar-refractivity contribution is 5.78. The van der Waals surface area contributed by atoms with Gasteiger partial charge in [-0.25, -0.2) is 9.67 Å². The van der Waals surface area contributed by atoms with E-state index >= 15 is 0 Å². The first-order chi connectivity index (χ1) is 17.1. The van der Waals surface area contributed by atoms with Crippen LogP contribution in [0.25, 0.3) is 0 Å². The molecule has 5 rings (SSSR count). The summed E-state index contributed by atoms with van der Waals surface area (Å²) in [5.41, 5.74) is 1.97. The maximum atomic E-state index is 12.8. The first kappa shape index (κ1) is 23.0. The molecule has 1 aliphatic carbocycles. The van der Waals surface area contributed by atoms with E-state index in [0.29, 0.717) is 18.8 Å². The molecule has 2 amide bonds. The molecule has 1 aliphatic heterocycles. The van der Waals surface area contributed by atoms with Gasteiger partial charge in [-0.2, -0.15) is 5.10 Å². The maximum absolute atomic E-state index is 12.8. The zero-order valence-electron chi connectivity index (χ0n) is 19.7. The topological polar surface area (TPSA) is 98.6 Å². The van der Waals surface area contributed by atoms with Crippen LogP contribution in [0.15, 0.2) is 67.3 Å². The van der Waals surface area contributed by atoms with Gasteiger partial charge >= 0.3 is 0 Å². The summed E-state index contributed by atoms with van der Waals surface area (Å²) in [6.07, 6.45) is 4.23. The molecule has 0 unspecified atom stereocenters. The van der Waals surface area contributed by atoms with Crippen molar-refractivity contribution in [2.75, 3.05) is 26.8 Å². The molecule has 9 nitrogen and oxygen atoms in total. The Morgan fingerprint density at radius 2 is 1.83 bits per heavy atom. The number of piperidine rings is 1. The number of amides is 2. The molecular formula is C26H29N5O4. The Morgan fingerprint density at radius 3 is 2.54 bits per heavy atom. The second kappa shape index (κ2) is 9.87. The van der Waals surface area contributed by atoms with E-state index in [1.807, 2.05) is 47.4 Å². The number of likely N-dealkylation sites (tertiary alicyclic amines) is 1. The Hall–Kier alpha value is -3.72. The molecule has 0 radical (unpaired) electrons. The number of methoxy groups -OCH3 is 1. The number of hydrogen-bond donors (Lipinski definition) is 1. The summed E-state index contributed by atoms with van der Waals surface area (Å²) in [6.45, 7) is 1.33. The predicted molar refractivity (Wildman–Crippen MR) is 128 cm³/mol. The fourth-order valence-electron chi connectivity index (χ4n) is 5.51. The largest absolute Gasteiger partial charge is 0.484 e. The second-order valence-electron chi connectivity index (χ2n) is 9.02. The fourth-order valence-corrected chi connectivity index (χ4v) is 5.51. The van der Waals surface area contributed by atoms with Gasteiger partial charge in [-0.15, -0.1) is 0 Å². The van der Waals surface area contributed by atoms with Crippen molar-refractivity contribution in [1.82, 2.24) is 25.0 Å². The standard InChI is InChI=1S/C26H29N5O4/c1-34-25-24(29-22(32)16-35-19-7-3-2-4-8-19)20-9-5-6-10-21(20)26(25)11-13-30(14-12-26)23(33)15-31-18-27-17-28-31/h2-10,17-18,24-25H,11-16H2,1H3,(H,29,32)/t24-,25+/m1/s1. The maximum Gasteiger partial charge on any atom is 0.258 e. The van der Waals surface area contributed by atoms with Crippen molar-refractivity contribution in [3.8, 4) is 5.75 Å². The highest BCUT2D eigenvalue weighted by atomic mass is 16.5. The molecule has 35 heavy (non-hydrogen) atoms. The monoisotopic (exact) mass is 475 g/mol. The average molecular weight is 476 g/mol. The smallest absolute Gasteiger partial charge is 0.258 e. The number of ether oxygens (including phenoxy) is 2. The van der Waals surface area contributed by atoms with E-state index in [4.69, 9.17) is 9.47 Å². The lowest BCUT2D eigenvalue weighted by molar-refractivity contribution is -0.134. The zero-order chi connectivity index (χ0) is 24.3. The third kappa shape index (κ3) is 4.51. The van der Waals surface area contributed by atoms with Crippen LogP contribution in [0.2, 0.25) is 0 Å². The van der Waals surface area contributed by atoms with Crippen molar-refractivity contribution in [3.63, 3.8) is 0 Å². The van der Waals surface area contributed by atoms with E-state index in [-0.39, 0.29) is 42.5 Å². The van der Waals surface area contributed by atoms with Crippen molar-refractivity contribution in [2.45, 2.75) is 36.9 Å². The molecule has 0 saturated carbocycles. The quantitative estimate of drug-likeness (QED) is 0.562. The van der Waals surface area contributed by atoms with E-state index < -0.39 is 0 Å². The van der Waals surface area contributed by atoms with Crippen LogP contribution in [0.4, 0.5) is 0 Å². The van der Waals surface area contributed by atoms with Gasteiger partial charge in [0.15, 0.2) is 6.61 Å². The molecule has 2 aliphatic rings. The van der Waals surface area contributed by atoms with Crippen LogP contribution < -0.4 is 10.1 Å². The Balaban J connectivity index is 1.30. The molecule has 2 heterocycles. The van der Waals surface area contributed by atoms with Gasteiger partial charge in [-0.05, 0) is 36.1 Å². The molecule has 0 bridgehead atoms. The number of hydrogen-bond acceptors (Lipinski definition) is 6. The summed E-state index contributed by atoms with van der Waals surface area (Å²) < 4.78 is 13.2. The third-order valence-electron chi connectivity index (χ3n) is 7.14. The number of carbonyl (C=O) groups is 2. The van der Waals surface area contributed by atoms with Gasteiger partial charge in [-0.3, -0.25) is 9.59 Å². The van der Waals surface area contributed by atoms with Crippen molar-refractivity contribution in [1.29, 1.82) is 0 Å². The van der Waals surface area contributed by atoms with Crippen LogP contribution in [-0.2, 0) is 26.3 Å². The number of nitrogens with one attached hydrogen (secondary N) is 1. The number of aromatic nitrogens is 3. The SMILES string of the molecule is CO[C@H]1[C@H](NC(=O)COc2ccccc2)c2ccccc2C12CCN(C(=O)Cn1cncn1)CC2. The molecule has 1 saturated heterocycles. The van der Waals surface area contributed by atoms with E-state index in [1.165, 1.54) is 11.9 Å². The normalized spacial score (nSPS) is 20.4. The summed E-state index contributed by atoms with van der Waals surface area (Å²) in [6, 6.07) is 17.2. The number of benzene rings is 2. The summed E-state index contributed by atoms with van der Waals surface area (Å²) >= 11 is 0. The van der Waals surface area contributed by atoms with E-state index in [0.717, 1.165) is 18.4 Å². The average Bonchev–Trinajstić information content (AvgIpc) is 3.49. The van der Waals surface area contributed by atoms with Crippen LogP contribution in [-0.4, -0.2) is 64.4 Å². The molecule has 2 atom stereocenters. The van der Waals surface area contributed by atoms with Gasteiger partial charge in [0.25, 0.3) is 5.91 Å². The summed E-state index contributed by atoms with van der Waals surface area (Å²) in [4.78, 5) is 31.4. The van der Waals surface area contributed by atoms with Gasteiger partial charge < -0.3 is 19.7 Å². The van der Waals surface area contributed by atoms with E-state index in [9.17, 15) is 9.59 Å². The lowest BCUT2D eigenvalue weighted by Crippen LogP contribution is -2.52. The fraction of sp³-hybridized carbons (Fsp3) is 0.385. The van der Waals surface area contributed by atoms with E-state index in [1.54, 1.807) is 18.1 Å². The minimum atomic E-state index is -0.291. The highest BCUT2D eigenvalue weighted by Gasteiger charge is 2.54. The molecule has 1 aromatic heterocycles. The van der Waals surface area contributed by atoms with Crippen LogP contribution in [0.1, 0.15) is 30.0 Å². The lowest BCUT2D eigenvalue weighted by atomic mass is 9.72. The van der Waals surface area contributed by atoms with Gasteiger partial charge in [0, 0.05) is 25.6 Å². The second-order valence-corrected chi connectivity index (χ2v) is 9.02. The van der Waals surface area contributed by atoms with Gasteiger partial charge in [0.1, 0.15) is 24.9 Å². The van der Waals surface area contributed by atoms with Gasteiger partial charge in [0.05, 0.1) is 12.1 Å².